The summed E-state index contributed by atoms with van der Waals surface area (Å²) in [7, 11) is 0. The molecule has 2 aliphatic rings. The monoisotopic (exact) mass is 880 g/mol. The molecule has 12 aromatic rings. The van der Waals surface area contributed by atoms with E-state index < -0.39 is 5.41 Å². The van der Waals surface area contributed by atoms with Crippen LogP contribution in [0.2, 0.25) is 0 Å². The number of hydrogen-bond acceptors (Lipinski definition) is 2. The van der Waals surface area contributed by atoms with Crippen molar-refractivity contribution in [1.29, 1.82) is 0 Å². The van der Waals surface area contributed by atoms with Gasteiger partial charge >= 0.3 is 0 Å². The molecule has 0 saturated carbocycles. The van der Waals surface area contributed by atoms with Crippen LogP contribution in [-0.4, -0.2) is 4.57 Å². The fraction of sp³-hybridized carbons (Fsp3) is 0.0303. The van der Waals surface area contributed by atoms with E-state index in [9.17, 15) is 0 Å². The maximum atomic E-state index is 6.96. The molecule has 1 spiro atoms. The minimum atomic E-state index is -0.579. The van der Waals surface area contributed by atoms with Gasteiger partial charge in [-0.1, -0.05) is 201 Å². The van der Waals surface area contributed by atoms with Crippen LogP contribution in [0.3, 0.4) is 0 Å². The molecular weight excluding hydrogens is 837 g/mol. The summed E-state index contributed by atoms with van der Waals surface area (Å²) >= 11 is 0. The molecule has 0 amide bonds. The van der Waals surface area contributed by atoms with E-state index in [2.05, 4.69) is 230 Å². The number of allylic oxidation sites excluding steroid dienone is 3. The third-order valence-electron chi connectivity index (χ3n) is 15.1. The van der Waals surface area contributed by atoms with Gasteiger partial charge in [-0.3, -0.25) is 0 Å². The molecule has 2 aliphatic carbocycles. The van der Waals surface area contributed by atoms with Crippen molar-refractivity contribution in [2.75, 3.05) is 5.73 Å². The first-order valence-electron chi connectivity index (χ1n) is 23.8. The molecule has 14 rings (SSSR count). The quantitative estimate of drug-likeness (QED) is 0.128. The maximum Gasteiger partial charge on any atom is 0.143 e. The van der Waals surface area contributed by atoms with Gasteiger partial charge in [0.2, 0.25) is 0 Å². The van der Waals surface area contributed by atoms with Gasteiger partial charge in [0.15, 0.2) is 0 Å². The van der Waals surface area contributed by atoms with E-state index in [1.165, 1.54) is 55.5 Å². The van der Waals surface area contributed by atoms with E-state index in [1.807, 2.05) is 18.2 Å². The highest BCUT2D eigenvalue weighted by molar-refractivity contribution is 6.14. The van der Waals surface area contributed by atoms with Crippen LogP contribution < -0.4 is 5.73 Å². The van der Waals surface area contributed by atoms with Gasteiger partial charge in [0.05, 0.1) is 16.4 Å². The molecule has 69 heavy (non-hydrogen) atoms. The van der Waals surface area contributed by atoms with E-state index in [4.69, 9.17) is 10.2 Å². The molecule has 2 N–H and O–H groups in total. The lowest BCUT2D eigenvalue weighted by atomic mass is 9.70. The SMILES string of the molecule is C=C/C(=C\C(c1ccccc1)c1cc2c(cc1-c1ccccc1N)c1ccccc1n2-c1ccc2c(c1)C1(c3ccccc3-c3ccccc31)c1ccc3c(oc4ccccc43)c1-2)c1ccccc1. The zero-order valence-corrected chi connectivity index (χ0v) is 37.7. The third kappa shape index (κ3) is 5.56. The largest absolute Gasteiger partial charge is 0.455 e. The van der Waals surface area contributed by atoms with Crippen molar-refractivity contribution in [3.8, 4) is 39.1 Å². The molecule has 3 heteroatoms. The smallest absolute Gasteiger partial charge is 0.143 e. The van der Waals surface area contributed by atoms with Crippen molar-refractivity contribution >= 4 is 55.0 Å². The van der Waals surface area contributed by atoms with Gasteiger partial charge in [0.25, 0.3) is 0 Å². The molecule has 2 aromatic heterocycles. The summed E-state index contributed by atoms with van der Waals surface area (Å²) in [5.41, 5.74) is 28.9. The van der Waals surface area contributed by atoms with Gasteiger partial charge in [-0.2, -0.15) is 0 Å². The van der Waals surface area contributed by atoms with Crippen LogP contribution in [-0.2, 0) is 5.41 Å². The number of nitrogen functional groups attached to an aromatic ring is 1. The van der Waals surface area contributed by atoms with Gasteiger partial charge in [-0.05, 0) is 109 Å². The predicted octanol–water partition coefficient (Wildman–Crippen LogP) is 16.7. The Hall–Kier alpha value is -8.92. The maximum absolute atomic E-state index is 6.96. The van der Waals surface area contributed by atoms with Crippen LogP contribution in [0, 0.1) is 0 Å². The number of aromatic nitrogens is 1. The number of hydrogen-bond donors (Lipinski definition) is 1. The Labute approximate surface area is 400 Å². The molecule has 10 aromatic carbocycles. The molecule has 2 heterocycles. The Balaban J connectivity index is 1.09. The Bertz CT molecular complexity index is 4070. The average molecular weight is 881 g/mol. The lowest BCUT2D eigenvalue weighted by Gasteiger charge is -2.30. The zero-order valence-electron chi connectivity index (χ0n) is 37.7. The summed E-state index contributed by atoms with van der Waals surface area (Å²) in [5, 5.41) is 4.60. The highest BCUT2D eigenvalue weighted by Gasteiger charge is 2.52. The summed E-state index contributed by atoms with van der Waals surface area (Å²) < 4.78 is 9.41. The fourth-order valence-corrected chi connectivity index (χ4v) is 12.2. The number of anilines is 1. The molecular formula is C66H44N2O. The summed E-state index contributed by atoms with van der Waals surface area (Å²) in [6.45, 7) is 4.34. The van der Waals surface area contributed by atoms with E-state index in [0.717, 1.165) is 77.6 Å². The van der Waals surface area contributed by atoms with Crippen molar-refractivity contribution in [2.24, 2.45) is 0 Å². The molecule has 0 radical (unpaired) electrons. The lowest BCUT2D eigenvalue weighted by molar-refractivity contribution is 0.669. The Morgan fingerprint density at radius 2 is 1.14 bits per heavy atom. The van der Waals surface area contributed by atoms with Crippen molar-refractivity contribution in [3.05, 3.63) is 282 Å². The third-order valence-corrected chi connectivity index (χ3v) is 15.1. The highest BCUT2D eigenvalue weighted by Crippen LogP contribution is 2.64. The number of nitrogens with two attached hydrogens (primary N) is 1. The van der Waals surface area contributed by atoms with Crippen LogP contribution in [0.4, 0.5) is 5.69 Å². The van der Waals surface area contributed by atoms with Crippen molar-refractivity contribution < 1.29 is 4.42 Å². The van der Waals surface area contributed by atoms with Crippen molar-refractivity contribution in [1.82, 2.24) is 4.57 Å². The number of furan rings is 1. The van der Waals surface area contributed by atoms with Crippen molar-refractivity contribution in [2.45, 2.75) is 11.3 Å². The molecule has 1 atom stereocenters. The second-order valence-electron chi connectivity index (χ2n) is 18.5. The first-order chi connectivity index (χ1) is 34.1. The zero-order chi connectivity index (χ0) is 45.8. The number of nitrogens with zero attached hydrogens (tertiary/aromatic N) is 1. The second kappa shape index (κ2) is 15.0. The van der Waals surface area contributed by atoms with Gasteiger partial charge in [-0.25, -0.2) is 0 Å². The minimum absolute atomic E-state index is 0.152. The Morgan fingerprint density at radius 3 is 1.90 bits per heavy atom. The normalized spacial score (nSPS) is 13.8. The van der Waals surface area contributed by atoms with Crippen molar-refractivity contribution in [3.63, 3.8) is 0 Å². The number of rotatable bonds is 7. The molecule has 0 saturated heterocycles. The number of fused-ring (bicyclic) bond motifs is 17. The Morgan fingerprint density at radius 1 is 0.493 bits per heavy atom. The van der Waals surface area contributed by atoms with Crippen LogP contribution in [0.1, 0.15) is 44.9 Å². The molecule has 324 valence electrons. The first kappa shape index (κ1) is 39.3. The van der Waals surface area contributed by atoms with Crippen LogP contribution in [0.5, 0.6) is 0 Å². The van der Waals surface area contributed by atoms with Gasteiger partial charge in [0.1, 0.15) is 11.2 Å². The topological polar surface area (TPSA) is 44.1 Å². The van der Waals surface area contributed by atoms with Gasteiger partial charge in [-0.15, -0.1) is 0 Å². The standard InChI is InChI=1S/C66H44N2O/c1-2-41(42-19-5-3-6-20-42)37-52(43-21-7-4-8-22-43)54-40-62-55(39-53(54)47-25-11-16-30-60(47)67)48-26-12-17-31-61(48)68(62)44-33-34-51-59(38-44)66(56-28-14-9-23-45(56)46-24-10-15-29-57(46)66)58-36-35-50-49-27-13-18-32-63(49)69-65(50)64(51)58/h2-40,52H,1,67H2/b41-37+. The van der Waals surface area contributed by atoms with E-state index in [1.54, 1.807) is 0 Å². The van der Waals surface area contributed by atoms with Crippen LogP contribution >= 0.6 is 0 Å². The second-order valence-corrected chi connectivity index (χ2v) is 18.5. The molecule has 0 bridgehead atoms. The molecule has 1 unspecified atom stereocenters. The Kier molecular flexibility index (Phi) is 8.56. The number of para-hydroxylation sites is 3. The minimum Gasteiger partial charge on any atom is -0.455 e. The summed E-state index contributed by atoms with van der Waals surface area (Å²) in [6, 6.07) is 81.6. The molecule has 3 nitrogen and oxygen atoms in total. The van der Waals surface area contributed by atoms with E-state index >= 15 is 0 Å². The van der Waals surface area contributed by atoms with E-state index in [-0.39, 0.29) is 5.92 Å². The van der Waals surface area contributed by atoms with Gasteiger partial charge in [0, 0.05) is 50.0 Å². The van der Waals surface area contributed by atoms with Gasteiger partial charge < -0.3 is 14.7 Å². The van der Waals surface area contributed by atoms with E-state index in [0.29, 0.717) is 0 Å². The van der Waals surface area contributed by atoms with Crippen LogP contribution in [0.15, 0.2) is 248 Å². The highest BCUT2D eigenvalue weighted by atomic mass is 16.3. The summed E-state index contributed by atoms with van der Waals surface area (Å²) in [5.74, 6) is -0.152. The number of benzene rings is 10. The molecule has 0 aliphatic heterocycles. The average Bonchev–Trinajstić information content (AvgIpc) is 4.13. The summed E-state index contributed by atoms with van der Waals surface area (Å²) in [6.07, 6.45) is 4.35. The van der Waals surface area contributed by atoms with Crippen LogP contribution in [0.25, 0.3) is 88.4 Å². The lowest BCUT2D eigenvalue weighted by Crippen LogP contribution is -2.26. The summed E-state index contributed by atoms with van der Waals surface area (Å²) in [4.78, 5) is 0. The fourth-order valence-electron chi connectivity index (χ4n) is 12.2. The predicted molar refractivity (Wildman–Crippen MR) is 287 cm³/mol. The first-order valence-corrected chi connectivity index (χ1v) is 23.8. The molecule has 0 fully saturated rings.